The molecule has 0 radical (unpaired) electrons. The Balaban J connectivity index is 0.000000588. The molecule has 0 saturated carbocycles. The molecule has 0 aliphatic carbocycles. The second-order valence-corrected chi connectivity index (χ2v) is 12.2. The lowest BCUT2D eigenvalue weighted by Gasteiger charge is -2.26. The molecular formula is C23H21ClN2O6PS+. The number of ether oxygens (including phenoxy) is 1. The highest BCUT2D eigenvalue weighted by molar-refractivity contribution is 8.04. The average Bonchev–Trinajstić information content (AvgIpc) is 3.22. The first-order chi connectivity index (χ1) is 16.2. The minimum atomic E-state index is -4.69. The van der Waals surface area contributed by atoms with Crippen LogP contribution in [0.5, 0.6) is 0 Å². The lowest BCUT2D eigenvalue weighted by molar-refractivity contribution is -1.92. The van der Waals surface area contributed by atoms with E-state index in [0.29, 0.717) is 10.8 Å². The number of esters is 1. The van der Waals surface area contributed by atoms with Gasteiger partial charge in [0.15, 0.2) is 17.0 Å². The van der Waals surface area contributed by atoms with Gasteiger partial charge in [0.05, 0.1) is 22.0 Å². The van der Waals surface area contributed by atoms with Crippen LogP contribution in [0.2, 0.25) is 0 Å². The van der Waals surface area contributed by atoms with Gasteiger partial charge in [-0.1, -0.05) is 65.9 Å². The van der Waals surface area contributed by atoms with E-state index in [4.69, 9.17) is 29.1 Å². The third-order valence-electron chi connectivity index (χ3n) is 4.74. The summed E-state index contributed by atoms with van der Waals surface area (Å²) in [7, 11) is -5.74. The Morgan fingerprint density at radius 3 is 1.56 bits per heavy atom. The number of nitrogen functional groups attached to an aromatic ring is 1. The van der Waals surface area contributed by atoms with Crippen LogP contribution in [-0.2, 0) is 4.74 Å². The number of aromatic nitrogens is 1. The topological polar surface area (TPSA) is 155 Å². The molecule has 4 aromatic rings. The number of nitrogens with two attached hydrogens (primary N) is 1. The Labute approximate surface area is 203 Å². The molecule has 1 heterocycles. The van der Waals surface area contributed by atoms with E-state index in [-0.39, 0.29) is 0 Å². The highest BCUT2D eigenvalue weighted by Crippen LogP contribution is 2.56. The van der Waals surface area contributed by atoms with Crippen molar-refractivity contribution in [3.8, 4) is 0 Å². The lowest BCUT2D eigenvalue weighted by atomic mass is 10.4. The van der Waals surface area contributed by atoms with Gasteiger partial charge in [0.1, 0.15) is 15.9 Å². The Bertz CT molecular complexity index is 1120. The molecule has 0 bridgehead atoms. The zero-order chi connectivity index (χ0) is 24.8. The normalized spacial score (nSPS) is 11.3. The summed E-state index contributed by atoms with van der Waals surface area (Å²) in [6, 6.07) is 30.8. The summed E-state index contributed by atoms with van der Waals surface area (Å²) in [5.41, 5.74) is 6.41. The minimum absolute atomic E-state index is 0.292. The summed E-state index contributed by atoms with van der Waals surface area (Å²) in [5, 5.41) is 3.75. The molecule has 0 unspecified atom stereocenters. The Kier molecular flexibility index (Phi) is 8.35. The molecule has 176 valence electrons. The molecule has 0 atom stereocenters. The predicted octanol–water partition coefficient (Wildman–Crippen LogP) is -0.993. The van der Waals surface area contributed by atoms with Crippen LogP contribution in [0.3, 0.4) is 0 Å². The Morgan fingerprint density at radius 1 is 0.882 bits per heavy atom. The number of thiazole rings is 1. The smallest absolute Gasteiger partial charge is 0.361 e. The maximum Gasteiger partial charge on any atom is 0.361 e. The van der Waals surface area contributed by atoms with Gasteiger partial charge in [-0.15, -0.1) is 0 Å². The second-order valence-electron chi connectivity index (χ2n) is 6.77. The number of hydrogen-bond donors (Lipinski definition) is 2. The van der Waals surface area contributed by atoms with Gasteiger partial charge >= 0.3 is 5.97 Å². The number of benzene rings is 3. The highest BCUT2D eigenvalue weighted by atomic mass is 35.7. The molecule has 0 saturated heterocycles. The van der Waals surface area contributed by atoms with Gasteiger partial charge in [0, 0.05) is 0 Å². The summed E-state index contributed by atoms with van der Waals surface area (Å²) in [6.07, 6.45) is 0. The number of carbonyl (C=O) groups is 1. The van der Waals surface area contributed by atoms with E-state index in [0.717, 1.165) is 20.5 Å². The van der Waals surface area contributed by atoms with E-state index in [1.54, 1.807) is 0 Å². The first kappa shape index (κ1) is 25.7. The molecule has 3 N–H and O–H groups in total. The quantitative estimate of drug-likeness (QED) is 0.251. The fraction of sp³-hybridized carbons (Fsp3) is 0.0435. The summed E-state index contributed by atoms with van der Waals surface area (Å²) in [5.74, 6) is -0.472. The van der Waals surface area contributed by atoms with Crippen molar-refractivity contribution in [3.05, 3.63) is 96.7 Å². The van der Waals surface area contributed by atoms with Crippen LogP contribution in [-0.4, -0.2) is 22.7 Å². The number of methoxy groups -OCH3 is 1. The van der Waals surface area contributed by atoms with Crippen LogP contribution in [0.1, 0.15) is 10.5 Å². The highest BCUT2D eigenvalue weighted by Gasteiger charge is 2.52. The Morgan fingerprint density at radius 2 is 1.24 bits per heavy atom. The van der Waals surface area contributed by atoms with Gasteiger partial charge in [-0.25, -0.2) is 9.78 Å². The first-order valence-corrected chi connectivity index (χ1v) is 13.6. The van der Waals surface area contributed by atoms with Crippen LogP contribution >= 0.6 is 18.6 Å². The van der Waals surface area contributed by atoms with Gasteiger partial charge in [0.25, 0.3) is 0 Å². The van der Waals surface area contributed by atoms with E-state index < -0.39 is 23.5 Å². The standard InChI is InChI=1S/C23H20N2O2PS.ClHO4/c1-27-21(26)20-22(29-23(24)25-20)28(17-11-5-2-6-12-17,18-13-7-3-8-14-18)19-15-9-4-10-16-19;2-1(3,4)5/h2-16H,1H3,(H2,24,25);(H,2,3,4,5)/q+1;. The molecule has 0 aliphatic heterocycles. The van der Waals surface area contributed by atoms with Crippen LogP contribution in [0.15, 0.2) is 91.0 Å². The molecule has 1 aromatic heterocycles. The number of nitrogens with zero attached hydrogens (tertiary/aromatic N) is 1. The monoisotopic (exact) mass is 519 g/mol. The van der Waals surface area contributed by atoms with Crippen LogP contribution in [0, 0.1) is 10.2 Å². The minimum Gasteiger partial charge on any atom is -0.464 e. The van der Waals surface area contributed by atoms with Crippen LogP contribution in [0.25, 0.3) is 0 Å². The molecule has 3 aromatic carbocycles. The van der Waals surface area contributed by atoms with E-state index in [1.807, 2.05) is 54.6 Å². The van der Waals surface area contributed by atoms with Crippen molar-refractivity contribution < 1.29 is 38.4 Å². The number of anilines is 1. The van der Waals surface area contributed by atoms with Crippen molar-refractivity contribution in [3.63, 3.8) is 0 Å². The van der Waals surface area contributed by atoms with Gasteiger partial charge in [0.2, 0.25) is 5.69 Å². The Hall–Kier alpha value is -2.88. The second kappa shape index (κ2) is 11.0. The fourth-order valence-corrected chi connectivity index (χ4v) is 9.79. The van der Waals surface area contributed by atoms with Gasteiger partial charge in [-0.3, -0.25) is 0 Å². The van der Waals surface area contributed by atoms with Crippen LogP contribution in [0.4, 0.5) is 5.13 Å². The van der Waals surface area contributed by atoms with E-state index >= 15 is 0 Å². The molecule has 0 aliphatic rings. The molecule has 8 nitrogen and oxygen atoms in total. The van der Waals surface area contributed by atoms with Crippen molar-refractivity contribution in [2.75, 3.05) is 12.8 Å². The summed E-state index contributed by atoms with van der Waals surface area (Å²) < 4.78 is 38.6. The number of halogens is 1. The number of hydrogen-bond acceptors (Lipinski definition) is 9. The summed E-state index contributed by atoms with van der Waals surface area (Å²) in [6.45, 7) is 0. The van der Waals surface area contributed by atoms with Crippen molar-refractivity contribution in [1.29, 1.82) is 0 Å². The molecule has 4 rings (SSSR count). The predicted molar refractivity (Wildman–Crippen MR) is 125 cm³/mol. The first-order valence-electron chi connectivity index (χ1n) is 9.72. The molecule has 0 spiro atoms. The fourth-order valence-electron chi connectivity index (χ4n) is 3.54. The zero-order valence-corrected chi connectivity index (χ0v) is 20.4. The molecule has 34 heavy (non-hydrogen) atoms. The van der Waals surface area contributed by atoms with E-state index in [2.05, 4.69) is 41.4 Å². The van der Waals surface area contributed by atoms with Crippen molar-refractivity contribution in [2.24, 2.45) is 0 Å². The maximum atomic E-state index is 12.7. The third kappa shape index (κ3) is 5.78. The van der Waals surface area contributed by atoms with Gasteiger partial charge < -0.3 is 10.5 Å². The van der Waals surface area contributed by atoms with Crippen LogP contribution < -0.4 is 40.2 Å². The largest absolute Gasteiger partial charge is 0.464 e. The number of carbonyl (C=O) groups excluding carboxylic acids is 1. The van der Waals surface area contributed by atoms with E-state index in [1.165, 1.54) is 18.4 Å². The average molecular weight is 520 g/mol. The molecule has 11 heteroatoms. The molecular weight excluding hydrogens is 499 g/mol. The lowest BCUT2D eigenvalue weighted by Crippen LogP contribution is -2.58. The van der Waals surface area contributed by atoms with Crippen molar-refractivity contribution in [2.45, 2.75) is 0 Å². The molecule has 0 fully saturated rings. The van der Waals surface area contributed by atoms with Gasteiger partial charge in [-0.05, 0) is 36.4 Å². The molecule has 0 amide bonds. The summed E-state index contributed by atoms with van der Waals surface area (Å²) in [4.78, 5) is 17.0. The van der Waals surface area contributed by atoms with Gasteiger partial charge in [-0.2, -0.15) is 14.0 Å². The summed E-state index contributed by atoms with van der Waals surface area (Å²) >= 11 is 1.36. The SMILES string of the molecule is COC(=O)c1nc(N)sc1[P+](c1ccccc1)(c1ccccc1)c1ccccc1.[O-][Cl+3]([O-])([O-])O. The van der Waals surface area contributed by atoms with E-state index in [9.17, 15) is 4.79 Å². The zero-order valence-electron chi connectivity index (χ0n) is 17.9. The third-order valence-corrected chi connectivity index (χ3v) is 10.6. The van der Waals surface area contributed by atoms with Crippen molar-refractivity contribution >= 4 is 50.2 Å². The maximum absolute atomic E-state index is 12.7. The number of rotatable bonds is 5. The van der Waals surface area contributed by atoms with Crippen molar-refractivity contribution in [1.82, 2.24) is 4.98 Å².